The second kappa shape index (κ2) is 8.56. The Kier molecular flexibility index (Phi) is 5.95. The Labute approximate surface area is 155 Å². The van der Waals surface area contributed by atoms with Crippen LogP contribution >= 0.6 is 0 Å². The van der Waals surface area contributed by atoms with Crippen molar-refractivity contribution in [3.05, 3.63) is 77.9 Å². The highest BCUT2D eigenvalue weighted by atomic mass is 16.5. The van der Waals surface area contributed by atoms with Crippen molar-refractivity contribution in [1.29, 1.82) is 0 Å². The van der Waals surface area contributed by atoms with Crippen LogP contribution in [0.25, 0.3) is 0 Å². The van der Waals surface area contributed by atoms with Crippen LogP contribution in [0.1, 0.15) is 23.1 Å². The summed E-state index contributed by atoms with van der Waals surface area (Å²) in [7, 11) is 1.69. The Hall–Kier alpha value is -2.75. The quantitative estimate of drug-likeness (QED) is 0.596. The summed E-state index contributed by atoms with van der Waals surface area (Å²) < 4.78 is 13.8. The smallest absolute Gasteiger partial charge is 0.125 e. The Morgan fingerprint density at radius 3 is 2.38 bits per heavy atom. The van der Waals surface area contributed by atoms with E-state index in [2.05, 4.69) is 53.7 Å². The zero-order valence-electron chi connectivity index (χ0n) is 15.7. The molecule has 4 heteroatoms. The largest absolute Gasteiger partial charge is 0.497 e. The van der Waals surface area contributed by atoms with Gasteiger partial charge in [0, 0.05) is 12.4 Å². The number of imidazole rings is 1. The highest BCUT2D eigenvalue weighted by molar-refractivity contribution is 5.39. The molecular weight excluding hydrogens is 324 g/mol. The summed E-state index contributed by atoms with van der Waals surface area (Å²) in [5, 5.41) is 0. The lowest BCUT2D eigenvalue weighted by molar-refractivity contribution is 0.168. The van der Waals surface area contributed by atoms with Crippen LogP contribution in [0.2, 0.25) is 0 Å². The van der Waals surface area contributed by atoms with E-state index in [1.807, 2.05) is 24.7 Å². The van der Waals surface area contributed by atoms with Crippen LogP contribution in [0.5, 0.6) is 11.5 Å². The fourth-order valence-corrected chi connectivity index (χ4v) is 3.09. The normalized spacial score (nSPS) is 12.0. The molecule has 0 N–H and O–H groups in total. The molecule has 0 aliphatic heterocycles. The zero-order valence-corrected chi connectivity index (χ0v) is 15.7. The van der Waals surface area contributed by atoms with Crippen LogP contribution in [-0.4, -0.2) is 22.8 Å². The molecular formula is C22H26N2O2. The minimum atomic E-state index is 0.0751. The molecule has 0 aliphatic rings. The first kappa shape index (κ1) is 18.1. The lowest BCUT2D eigenvalue weighted by Crippen LogP contribution is -2.24. The van der Waals surface area contributed by atoms with Crippen LogP contribution in [0.4, 0.5) is 0 Å². The van der Waals surface area contributed by atoms with Crippen LogP contribution in [0.15, 0.2) is 61.2 Å². The highest BCUT2D eigenvalue weighted by Crippen LogP contribution is 2.25. The average Bonchev–Trinajstić information content (AvgIpc) is 3.16. The lowest BCUT2D eigenvalue weighted by Gasteiger charge is -2.22. The standard InChI is InChI=1S/C22H26N2O2/c1-17-5-4-6-18(2)22(17)26-21(15-24-14-13-23-16-24)12-9-19-7-10-20(25-3)11-8-19/h4-8,10-11,13-14,16,21H,9,12,15H2,1-3H3. The Bertz CT molecular complexity index is 790. The minimum Gasteiger partial charge on any atom is -0.497 e. The number of hydrogen-bond donors (Lipinski definition) is 0. The van der Waals surface area contributed by atoms with Gasteiger partial charge in [0.2, 0.25) is 0 Å². The Morgan fingerprint density at radius 1 is 1.04 bits per heavy atom. The van der Waals surface area contributed by atoms with Gasteiger partial charge in [0.05, 0.1) is 20.0 Å². The predicted molar refractivity (Wildman–Crippen MR) is 104 cm³/mol. The number of methoxy groups -OCH3 is 1. The number of nitrogens with zero attached hydrogens (tertiary/aromatic N) is 2. The third-order valence-corrected chi connectivity index (χ3v) is 4.58. The van der Waals surface area contributed by atoms with E-state index in [4.69, 9.17) is 9.47 Å². The van der Waals surface area contributed by atoms with Gasteiger partial charge < -0.3 is 14.0 Å². The van der Waals surface area contributed by atoms with Gasteiger partial charge in [-0.3, -0.25) is 0 Å². The number of benzene rings is 2. The third kappa shape index (κ3) is 4.66. The second-order valence-electron chi connectivity index (χ2n) is 6.61. The molecule has 0 bridgehead atoms. The van der Waals surface area contributed by atoms with Gasteiger partial charge in [0.15, 0.2) is 0 Å². The van der Waals surface area contributed by atoms with Gasteiger partial charge in [-0.05, 0) is 55.5 Å². The van der Waals surface area contributed by atoms with E-state index in [-0.39, 0.29) is 6.10 Å². The van der Waals surface area contributed by atoms with Crippen molar-refractivity contribution in [3.63, 3.8) is 0 Å². The van der Waals surface area contributed by atoms with Gasteiger partial charge in [0.25, 0.3) is 0 Å². The van der Waals surface area contributed by atoms with E-state index in [1.54, 1.807) is 13.3 Å². The number of aromatic nitrogens is 2. The first-order valence-electron chi connectivity index (χ1n) is 8.97. The third-order valence-electron chi connectivity index (χ3n) is 4.58. The van der Waals surface area contributed by atoms with Gasteiger partial charge in [0.1, 0.15) is 17.6 Å². The van der Waals surface area contributed by atoms with Crippen molar-refractivity contribution in [3.8, 4) is 11.5 Å². The number of ether oxygens (including phenoxy) is 2. The Morgan fingerprint density at radius 2 is 1.77 bits per heavy atom. The molecule has 0 amide bonds. The summed E-state index contributed by atoms with van der Waals surface area (Å²) in [6.07, 6.45) is 7.58. The van der Waals surface area contributed by atoms with E-state index in [9.17, 15) is 0 Å². The van der Waals surface area contributed by atoms with Gasteiger partial charge in [-0.1, -0.05) is 30.3 Å². The number of rotatable bonds is 8. The number of aryl methyl sites for hydroxylation is 3. The molecule has 4 nitrogen and oxygen atoms in total. The van der Waals surface area contributed by atoms with Crippen LogP contribution in [0.3, 0.4) is 0 Å². The second-order valence-corrected chi connectivity index (χ2v) is 6.61. The molecule has 1 heterocycles. The molecule has 3 aromatic rings. The van der Waals surface area contributed by atoms with Crippen molar-refractivity contribution in [2.75, 3.05) is 7.11 Å². The van der Waals surface area contributed by atoms with Gasteiger partial charge in [-0.2, -0.15) is 0 Å². The van der Waals surface area contributed by atoms with Crippen molar-refractivity contribution in [2.24, 2.45) is 0 Å². The predicted octanol–water partition coefficient (Wildman–Crippen LogP) is 4.59. The zero-order chi connectivity index (χ0) is 18.4. The summed E-state index contributed by atoms with van der Waals surface area (Å²) in [4.78, 5) is 4.15. The van der Waals surface area contributed by atoms with E-state index < -0.39 is 0 Å². The van der Waals surface area contributed by atoms with Gasteiger partial charge >= 0.3 is 0 Å². The molecule has 0 aliphatic carbocycles. The van der Waals surface area contributed by atoms with E-state index in [0.29, 0.717) is 0 Å². The molecule has 0 spiro atoms. The van der Waals surface area contributed by atoms with Gasteiger partial charge in [-0.15, -0.1) is 0 Å². The maximum Gasteiger partial charge on any atom is 0.125 e. The molecule has 1 aromatic heterocycles. The molecule has 0 saturated carbocycles. The summed E-state index contributed by atoms with van der Waals surface area (Å²) in [5.74, 6) is 1.88. The molecule has 26 heavy (non-hydrogen) atoms. The van der Waals surface area contributed by atoms with Gasteiger partial charge in [-0.25, -0.2) is 4.98 Å². The number of hydrogen-bond acceptors (Lipinski definition) is 3. The molecule has 0 radical (unpaired) electrons. The summed E-state index contributed by atoms with van der Waals surface area (Å²) in [5.41, 5.74) is 3.63. The number of para-hydroxylation sites is 1. The van der Waals surface area contributed by atoms with Crippen molar-refractivity contribution in [2.45, 2.75) is 39.3 Å². The van der Waals surface area contributed by atoms with Crippen LogP contribution in [-0.2, 0) is 13.0 Å². The monoisotopic (exact) mass is 350 g/mol. The fourth-order valence-electron chi connectivity index (χ4n) is 3.09. The van der Waals surface area contributed by atoms with Crippen molar-refractivity contribution < 1.29 is 9.47 Å². The molecule has 2 aromatic carbocycles. The molecule has 3 rings (SSSR count). The Balaban J connectivity index is 1.72. The molecule has 1 unspecified atom stereocenters. The van der Waals surface area contributed by atoms with E-state index in [0.717, 1.165) is 30.9 Å². The van der Waals surface area contributed by atoms with Crippen LogP contribution in [0, 0.1) is 13.8 Å². The summed E-state index contributed by atoms with van der Waals surface area (Å²) in [6, 6.07) is 14.5. The first-order chi connectivity index (χ1) is 12.7. The fraction of sp³-hybridized carbons (Fsp3) is 0.318. The topological polar surface area (TPSA) is 36.3 Å². The SMILES string of the molecule is COc1ccc(CCC(Cn2ccnc2)Oc2c(C)cccc2C)cc1. The maximum atomic E-state index is 6.44. The van der Waals surface area contributed by atoms with Crippen molar-refractivity contribution in [1.82, 2.24) is 9.55 Å². The van der Waals surface area contributed by atoms with E-state index >= 15 is 0 Å². The van der Waals surface area contributed by atoms with E-state index in [1.165, 1.54) is 16.7 Å². The first-order valence-corrected chi connectivity index (χ1v) is 8.97. The molecule has 136 valence electrons. The highest BCUT2D eigenvalue weighted by Gasteiger charge is 2.15. The molecule has 0 fully saturated rings. The molecule has 0 saturated heterocycles. The molecule has 1 atom stereocenters. The van der Waals surface area contributed by atoms with Crippen molar-refractivity contribution >= 4 is 0 Å². The lowest BCUT2D eigenvalue weighted by atomic mass is 10.1. The van der Waals surface area contributed by atoms with Crippen LogP contribution < -0.4 is 9.47 Å². The average molecular weight is 350 g/mol. The summed E-state index contributed by atoms with van der Waals surface area (Å²) in [6.45, 7) is 4.98. The summed E-state index contributed by atoms with van der Waals surface area (Å²) >= 11 is 0. The minimum absolute atomic E-state index is 0.0751. The maximum absolute atomic E-state index is 6.44.